The van der Waals surface area contributed by atoms with Gasteiger partial charge in [-0.15, -0.1) is 11.3 Å². The fourth-order valence-electron chi connectivity index (χ4n) is 2.89. The molecule has 1 saturated heterocycles. The first-order valence-corrected chi connectivity index (χ1v) is 8.80. The van der Waals surface area contributed by atoms with Crippen LogP contribution in [0.4, 0.5) is 5.69 Å². The minimum Gasteiger partial charge on any atom is -0.364 e. The van der Waals surface area contributed by atoms with Crippen molar-refractivity contribution in [3.05, 3.63) is 42.0 Å². The van der Waals surface area contributed by atoms with E-state index >= 15 is 0 Å². The normalized spacial score (nSPS) is 20.5. The van der Waals surface area contributed by atoms with Gasteiger partial charge in [-0.05, 0) is 25.0 Å². The van der Waals surface area contributed by atoms with Crippen molar-refractivity contribution < 1.29 is 9.53 Å². The fraction of sp³-hybridized carbons (Fsp3) is 0.294. The SMILES string of the molecule is NC[C@H]1CC[C@@H](C(=O)Nc2ccc(-c3cn4ccsc4n3)cc2)O1. The molecule has 1 fully saturated rings. The molecule has 0 bridgehead atoms. The quantitative estimate of drug-likeness (QED) is 0.763. The second-order valence-corrected chi connectivity index (χ2v) is 6.72. The second kappa shape index (κ2) is 6.35. The maximum absolute atomic E-state index is 12.2. The van der Waals surface area contributed by atoms with Crippen molar-refractivity contribution in [1.82, 2.24) is 9.38 Å². The van der Waals surface area contributed by atoms with Crippen LogP contribution in [0.1, 0.15) is 12.8 Å². The number of imidazole rings is 1. The first-order chi connectivity index (χ1) is 11.7. The third-order valence-electron chi connectivity index (χ3n) is 4.20. The molecule has 0 radical (unpaired) electrons. The maximum Gasteiger partial charge on any atom is 0.253 e. The highest BCUT2D eigenvalue weighted by Gasteiger charge is 2.29. The molecule has 0 spiro atoms. The molecule has 4 rings (SSSR count). The topological polar surface area (TPSA) is 81.7 Å². The van der Waals surface area contributed by atoms with Gasteiger partial charge in [0.1, 0.15) is 6.10 Å². The van der Waals surface area contributed by atoms with Crippen molar-refractivity contribution in [2.45, 2.75) is 25.0 Å². The van der Waals surface area contributed by atoms with E-state index in [-0.39, 0.29) is 12.0 Å². The van der Waals surface area contributed by atoms with E-state index in [0.717, 1.165) is 34.7 Å². The Morgan fingerprint density at radius 3 is 2.92 bits per heavy atom. The van der Waals surface area contributed by atoms with Crippen LogP contribution in [0.3, 0.4) is 0 Å². The minimum atomic E-state index is -0.404. The van der Waals surface area contributed by atoms with Crippen molar-refractivity contribution in [3.8, 4) is 11.3 Å². The van der Waals surface area contributed by atoms with Gasteiger partial charge in [0.05, 0.1) is 11.8 Å². The molecule has 3 heterocycles. The van der Waals surface area contributed by atoms with Crippen molar-refractivity contribution in [2.75, 3.05) is 11.9 Å². The van der Waals surface area contributed by atoms with Gasteiger partial charge in [0, 0.05) is 35.6 Å². The molecule has 3 N–H and O–H groups in total. The van der Waals surface area contributed by atoms with Gasteiger partial charge in [0.2, 0.25) is 0 Å². The Morgan fingerprint density at radius 2 is 2.21 bits per heavy atom. The van der Waals surface area contributed by atoms with Gasteiger partial charge in [-0.25, -0.2) is 4.98 Å². The molecule has 7 heteroatoms. The fourth-order valence-corrected chi connectivity index (χ4v) is 3.59. The number of thiazole rings is 1. The average molecular weight is 342 g/mol. The van der Waals surface area contributed by atoms with Crippen molar-refractivity contribution in [3.63, 3.8) is 0 Å². The lowest BCUT2D eigenvalue weighted by atomic mass is 10.1. The molecular formula is C17H18N4O2S. The maximum atomic E-state index is 12.2. The summed E-state index contributed by atoms with van der Waals surface area (Å²) >= 11 is 1.60. The number of aromatic nitrogens is 2. The summed E-state index contributed by atoms with van der Waals surface area (Å²) in [5.74, 6) is -0.110. The molecule has 0 unspecified atom stereocenters. The first kappa shape index (κ1) is 15.3. The van der Waals surface area contributed by atoms with Gasteiger partial charge < -0.3 is 15.8 Å². The molecular weight excluding hydrogens is 324 g/mol. The van der Waals surface area contributed by atoms with Crippen molar-refractivity contribution in [2.24, 2.45) is 5.73 Å². The van der Waals surface area contributed by atoms with E-state index in [0.29, 0.717) is 6.54 Å². The third-order valence-corrected chi connectivity index (χ3v) is 4.98. The lowest BCUT2D eigenvalue weighted by Gasteiger charge is -2.12. The van der Waals surface area contributed by atoms with E-state index in [1.54, 1.807) is 11.3 Å². The number of hydrogen-bond donors (Lipinski definition) is 2. The van der Waals surface area contributed by atoms with Gasteiger partial charge in [-0.3, -0.25) is 9.20 Å². The van der Waals surface area contributed by atoms with Crippen molar-refractivity contribution in [1.29, 1.82) is 0 Å². The van der Waals surface area contributed by atoms with E-state index in [9.17, 15) is 4.79 Å². The predicted molar refractivity (Wildman–Crippen MR) is 94.1 cm³/mol. The summed E-state index contributed by atoms with van der Waals surface area (Å²) in [4.78, 5) is 17.8. The highest BCUT2D eigenvalue weighted by Crippen LogP contribution is 2.24. The number of nitrogens with one attached hydrogen (secondary N) is 1. The summed E-state index contributed by atoms with van der Waals surface area (Å²) in [7, 11) is 0. The average Bonchev–Trinajstić information content (AvgIpc) is 3.31. The first-order valence-electron chi connectivity index (χ1n) is 7.92. The molecule has 1 aliphatic heterocycles. The second-order valence-electron chi connectivity index (χ2n) is 5.85. The number of fused-ring (bicyclic) bond motifs is 1. The van der Waals surface area contributed by atoms with Gasteiger partial charge in [0.25, 0.3) is 5.91 Å². The molecule has 3 aromatic rings. The minimum absolute atomic E-state index is 0.00193. The van der Waals surface area contributed by atoms with Gasteiger partial charge in [-0.2, -0.15) is 0 Å². The molecule has 6 nitrogen and oxygen atoms in total. The standard InChI is InChI=1S/C17H18N4O2S/c18-9-13-5-6-15(23-13)16(22)19-12-3-1-11(2-4-12)14-10-21-7-8-24-17(21)20-14/h1-4,7-8,10,13,15H,5-6,9,18H2,(H,19,22)/t13-,15+/m1/s1. The van der Waals surface area contributed by atoms with Crippen LogP contribution in [0.2, 0.25) is 0 Å². The summed E-state index contributed by atoms with van der Waals surface area (Å²) in [6.45, 7) is 0.459. The largest absolute Gasteiger partial charge is 0.364 e. The van der Waals surface area contributed by atoms with Crippen LogP contribution in [0.5, 0.6) is 0 Å². The predicted octanol–water partition coefficient (Wildman–Crippen LogP) is 2.51. The van der Waals surface area contributed by atoms with Crippen LogP contribution in [0, 0.1) is 0 Å². The summed E-state index contributed by atoms with van der Waals surface area (Å²) in [6, 6.07) is 7.69. The lowest BCUT2D eigenvalue weighted by Crippen LogP contribution is -2.29. The van der Waals surface area contributed by atoms with Crippen LogP contribution in [-0.2, 0) is 9.53 Å². The summed E-state index contributed by atoms with van der Waals surface area (Å²) in [6.07, 6.45) is 5.14. The Kier molecular flexibility index (Phi) is 4.05. The van der Waals surface area contributed by atoms with E-state index < -0.39 is 6.10 Å². The number of amides is 1. The highest BCUT2D eigenvalue weighted by molar-refractivity contribution is 7.15. The van der Waals surface area contributed by atoms with Crippen LogP contribution >= 0.6 is 11.3 Å². The molecule has 1 aromatic carbocycles. The van der Waals surface area contributed by atoms with E-state index in [1.807, 2.05) is 46.4 Å². The number of anilines is 1. The highest BCUT2D eigenvalue weighted by atomic mass is 32.1. The third kappa shape index (κ3) is 2.93. The molecule has 124 valence electrons. The van der Waals surface area contributed by atoms with Crippen LogP contribution < -0.4 is 11.1 Å². The number of benzene rings is 1. The molecule has 0 aliphatic carbocycles. The summed E-state index contributed by atoms with van der Waals surface area (Å²) in [5, 5.41) is 4.91. The van der Waals surface area contributed by atoms with Crippen LogP contribution in [0.25, 0.3) is 16.2 Å². The van der Waals surface area contributed by atoms with E-state index in [2.05, 4.69) is 10.3 Å². The van der Waals surface area contributed by atoms with Gasteiger partial charge in [-0.1, -0.05) is 12.1 Å². The Hall–Kier alpha value is -2.22. The zero-order valence-electron chi connectivity index (χ0n) is 13.0. The number of rotatable bonds is 4. The monoisotopic (exact) mass is 342 g/mol. The molecule has 2 atom stereocenters. The zero-order valence-corrected chi connectivity index (χ0v) is 13.8. The molecule has 1 amide bonds. The number of hydrogen-bond acceptors (Lipinski definition) is 5. The smallest absolute Gasteiger partial charge is 0.253 e. The molecule has 24 heavy (non-hydrogen) atoms. The van der Waals surface area contributed by atoms with Crippen LogP contribution in [-0.4, -0.2) is 34.0 Å². The van der Waals surface area contributed by atoms with Crippen molar-refractivity contribution >= 4 is 27.9 Å². The number of carbonyl (C=O) groups excluding carboxylic acids is 1. The number of nitrogens with two attached hydrogens (primary N) is 1. The molecule has 0 saturated carbocycles. The lowest BCUT2D eigenvalue weighted by molar-refractivity contribution is -0.126. The van der Waals surface area contributed by atoms with Crippen LogP contribution in [0.15, 0.2) is 42.0 Å². The Balaban J connectivity index is 1.44. The number of ether oxygens (including phenoxy) is 1. The van der Waals surface area contributed by atoms with E-state index in [1.165, 1.54) is 0 Å². The summed E-state index contributed by atoms with van der Waals surface area (Å²) < 4.78 is 7.61. The number of nitrogens with zero attached hydrogens (tertiary/aromatic N) is 2. The Labute approximate surface area is 143 Å². The van der Waals surface area contributed by atoms with E-state index in [4.69, 9.17) is 10.5 Å². The molecule has 2 aromatic heterocycles. The Morgan fingerprint density at radius 1 is 1.38 bits per heavy atom. The zero-order chi connectivity index (χ0) is 16.5. The summed E-state index contributed by atoms with van der Waals surface area (Å²) in [5.41, 5.74) is 8.27. The van der Waals surface area contributed by atoms with Gasteiger partial charge >= 0.3 is 0 Å². The number of carbonyl (C=O) groups is 1. The van der Waals surface area contributed by atoms with Gasteiger partial charge in [0.15, 0.2) is 4.96 Å². The molecule has 1 aliphatic rings. The Bertz CT molecular complexity index is 826.